The molecule has 1 fully saturated rings. The first-order valence-corrected chi connectivity index (χ1v) is 10.9. The van der Waals surface area contributed by atoms with Gasteiger partial charge >= 0.3 is 11.9 Å². The van der Waals surface area contributed by atoms with Crippen molar-refractivity contribution in [1.29, 1.82) is 0 Å². The van der Waals surface area contributed by atoms with Gasteiger partial charge in [-0.1, -0.05) is 54.4 Å². The monoisotopic (exact) mass is 414 g/mol. The van der Waals surface area contributed by atoms with Crippen LogP contribution in [-0.2, 0) is 19.1 Å². The molecule has 0 aromatic heterocycles. The molecule has 30 heavy (non-hydrogen) atoms. The molecule has 0 amide bonds. The van der Waals surface area contributed by atoms with E-state index >= 15 is 0 Å². The predicted molar refractivity (Wildman–Crippen MR) is 115 cm³/mol. The van der Waals surface area contributed by atoms with Gasteiger partial charge in [0.2, 0.25) is 0 Å². The van der Waals surface area contributed by atoms with Gasteiger partial charge in [-0.3, -0.25) is 4.99 Å². The van der Waals surface area contributed by atoms with Gasteiger partial charge in [-0.2, -0.15) is 0 Å². The molecule has 1 spiro atoms. The second kappa shape index (κ2) is 6.21. The van der Waals surface area contributed by atoms with Crippen molar-refractivity contribution < 1.29 is 19.1 Å². The third-order valence-electron chi connectivity index (χ3n) is 7.29. The highest BCUT2D eigenvalue weighted by molar-refractivity contribution is 6.11. The highest BCUT2D eigenvalue weighted by atomic mass is 16.5. The van der Waals surface area contributed by atoms with Crippen molar-refractivity contribution in [2.75, 3.05) is 14.2 Å². The van der Waals surface area contributed by atoms with E-state index < -0.39 is 23.0 Å². The fourth-order valence-electron chi connectivity index (χ4n) is 6.17. The summed E-state index contributed by atoms with van der Waals surface area (Å²) < 4.78 is 10.4. The van der Waals surface area contributed by atoms with Crippen molar-refractivity contribution in [3.63, 3.8) is 0 Å². The largest absolute Gasteiger partial charge is 0.466 e. The summed E-state index contributed by atoms with van der Waals surface area (Å²) >= 11 is 0. The van der Waals surface area contributed by atoms with Gasteiger partial charge in [-0.15, -0.1) is 0 Å². The topological polar surface area (TPSA) is 68.2 Å². The Balaban J connectivity index is 2.12. The second-order valence-electron chi connectivity index (χ2n) is 11.1. The van der Waals surface area contributed by atoms with E-state index in [0.29, 0.717) is 11.3 Å². The molecule has 3 atom stereocenters. The molecule has 6 heteroatoms. The lowest BCUT2D eigenvalue weighted by atomic mass is 9.61. The number of carbonyl (C=O) groups excluding carboxylic acids is 2. The molecule has 164 valence electrons. The zero-order valence-electron chi connectivity index (χ0n) is 19.5. The van der Waals surface area contributed by atoms with Crippen LogP contribution >= 0.6 is 0 Å². The summed E-state index contributed by atoms with van der Waals surface area (Å²) in [7, 11) is 2.75. The van der Waals surface area contributed by atoms with Crippen LogP contribution in [0.5, 0.6) is 0 Å². The molecule has 0 radical (unpaired) electrons. The second-order valence-corrected chi connectivity index (χ2v) is 11.1. The Morgan fingerprint density at radius 1 is 1.00 bits per heavy atom. The molecule has 0 bridgehead atoms. The fraction of sp³-hybridized carbons (Fsp3) is 0.708. The van der Waals surface area contributed by atoms with Gasteiger partial charge in [0.1, 0.15) is 11.2 Å². The highest BCUT2D eigenvalue weighted by Gasteiger charge is 2.75. The quantitative estimate of drug-likeness (QED) is 0.639. The molecule has 1 saturated carbocycles. The number of ether oxygens (including phenoxy) is 2. The highest BCUT2D eigenvalue weighted by Crippen LogP contribution is 2.68. The van der Waals surface area contributed by atoms with Gasteiger partial charge < -0.3 is 14.4 Å². The Morgan fingerprint density at radius 3 is 2.13 bits per heavy atom. The lowest BCUT2D eigenvalue weighted by Gasteiger charge is -2.49. The summed E-state index contributed by atoms with van der Waals surface area (Å²) in [5, 5.41) is 0. The summed E-state index contributed by atoms with van der Waals surface area (Å²) in [5.41, 5.74) is 1.42. The van der Waals surface area contributed by atoms with Gasteiger partial charge in [0.25, 0.3) is 0 Å². The van der Waals surface area contributed by atoms with Crippen molar-refractivity contribution in [3.05, 3.63) is 23.0 Å². The first kappa shape index (κ1) is 21.1. The zero-order valence-corrected chi connectivity index (χ0v) is 19.5. The molecule has 0 saturated heterocycles. The van der Waals surface area contributed by atoms with Gasteiger partial charge in [-0.25, -0.2) is 9.59 Å². The van der Waals surface area contributed by atoms with Crippen LogP contribution in [0.25, 0.3) is 0 Å². The molecule has 4 rings (SSSR count). The summed E-state index contributed by atoms with van der Waals surface area (Å²) in [4.78, 5) is 33.9. The molecule has 4 aliphatic rings. The summed E-state index contributed by atoms with van der Waals surface area (Å²) in [6, 6.07) is 0. The fourth-order valence-corrected chi connectivity index (χ4v) is 6.17. The first-order chi connectivity index (χ1) is 13.9. The van der Waals surface area contributed by atoms with Gasteiger partial charge in [0.15, 0.2) is 0 Å². The minimum Gasteiger partial charge on any atom is -0.466 e. The first-order valence-electron chi connectivity index (χ1n) is 10.9. The van der Waals surface area contributed by atoms with Crippen LogP contribution in [0, 0.1) is 16.7 Å². The van der Waals surface area contributed by atoms with Crippen LogP contribution in [0.15, 0.2) is 28.0 Å². The Labute approximate surface area is 179 Å². The zero-order chi connectivity index (χ0) is 22.3. The number of carbonyl (C=O) groups is 2. The van der Waals surface area contributed by atoms with Crippen LogP contribution < -0.4 is 0 Å². The molecule has 0 aromatic rings. The molecule has 6 nitrogen and oxygen atoms in total. The molecule has 0 aromatic carbocycles. The number of nitrogens with zero attached hydrogens (tertiary/aromatic N) is 2. The normalized spacial score (nSPS) is 32.5. The van der Waals surface area contributed by atoms with E-state index in [9.17, 15) is 9.59 Å². The number of hydrogen-bond donors (Lipinski definition) is 0. The number of rotatable bonds is 2. The number of hydrogen-bond acceptors (Lipinski definition) is 6. The smallest absolute Gasteiger partial charge is 0.355 e. The van der Waals surface area contributed by atoms with Gasteiger partial charge in [0, 0.05) is 22.2 Å². The maximum absolute atomic E-state index is 13.2. The molecular weight excluding hydrogens is 380 g/mol. The van der Waals surface area contributed by atoms with E-state index in [4.69, 9.17) is 14.5 Å². The van der Waals surface area contributed by atoms with E-state index in [1.165, 1.54) is 14.2 Å². The Kier molecular flexibility index (Phi) is 4.37. The molecule has 0 N–H and O–H groups in total. The average Bonchev–Trinajstić information content (AvgIpc) is 3.23. The van der Waals surface area contributed by atoms with Crippen molar-refractivity contribution in [2.45, 2.75) is 78.3 Å². The number of aliphatic imine (C=N–C) groups is 1. The maximum atomic E-state index is 13.2. The Morgan fingerprint density at radius 2 is 1.60 bits per heavy atom. The van der Waals surface area contributed by atoms with Crippen molar-refractivity contribution in [3.8, 4) is 0 Å². The standard InChI is InChI=1S/C24H34N2O4/c1-21(2,3)14-13-23-11-9-10-12-24(23)16(18(25-23)22(4,5)6)15(19(27)29-7)17(26(14)24)20(28)30-8/h13,16H,9-12H2,1-8H3/t16-,23-,24-/m0/s1. The Hall–Kier alpha value is -2.11. The third-order valence-corrected chi connectivity index (χ3v) is 7.29. The van der Waals surface area contributed by atoms with Crippen molar-refractivity contribution in [2.24, 2.45) is 21.7 Å². The minimum atomic E-state index is -0.482. The van der Waals surface area contributed by atoms with Gasteiger partial charge in [-0.05, 0) is 18.9 Å². The Bertz CT molecular complexity index is 848. The van der Waals surface area contributed by atoms with E-state index in [-0.39, 0.29) is 16.7 Å². The lowest BCUT2D eigenvalue weighted by molar-refractivity contribution is -0.140. The van der Waals surface area contributed by atoms with E-state index in [2.05, 4.69) is 52.5 Å². The molecule has 3 heterocycles. The summed E-state index contributed by atoms with van der Waals surface area (Å²) in [6.07, 6.45) is 6.21. The van der Waals surface area contributed by atoms with Crippen molar-refractivity contribution in [1.82, 2.24) is 4.90 Å². The minimum absolute atomic E-state index is 0.221. The predicted octanol–water partition coefficient (Wildman–Crippen LogP) is 4.01. The van der Waals surface area contributed by atoms with Crippen LogP contribution in [-0.4, -0.2) is 47.8 Å². The van der Waals surface area contributed by atoms with Gasteiger partial charge in [0.05, 0.1) is 31.2 Å². The number of methoxy groups -OCH3 is 2. The van der Waals surface area contributed by atoms with Crippen LogP contribution in [0.1, 0.15) is 67.2 Å². The summed E-state index contributed by atoms with van der Waals surface area (Å²) in [6.45, 7) is 12.8. The average molecular weight is 415 g/mol. The van der Waals surface area contributed by atoms with Crippen LogP contribution in [0.4, 0.5) is 0 Å². The molecular formula is C24H34N2O4. The molecule has 3 aliphatic heterocycles. The van der Waals surface area contributed by atoms with E-state index in [0.717, 1.165) is 37.1 Å². The maximum Gasteiger partial charge on any atom is 0.355 e. The third kappa shape index (κ3) is 2.39. The van der Waals surface area contributed by atoms with E-state index in [1.807, 2.05) is 0 Å². The molecule has 1 aliphatic carbocycles. The summed E-state index contributed by atoms with van der Waals surface area (Å²) in [5.74, 6) is -1.23. The lowest BCUT2D eigenvalue weighted by Crippen LogP contribution is -2.59. The van der Waals surface area contributed by atoms with Crippen LogP contribution in [0.2, 0.25) is 0 Å². The van der Waals surface area contributed by atoms with Crippen LogP contribution in [0.3, 0.4) is 0 Å². The molecule has 0 unspecified atom stereocenters. The number of esters is 2. The SMILES string of the molecule is COC(=O)C1=C(C(=O)OC)N2C(C(C)(C)C)=C[C@@]34CCCC[C@@]23[C@@H]1C(C(C)(C)C)=N4. The van der Waals surface area contributed by atoms with Crippen molar-refractivity contribution >= 4 is 17.7 Å². The van der Waals surface area contributed by atoms with E-state index in [1.54, 1.807) is 0 Å². The number of allylic oxidation sites excluding steroid dienone is 1.